The number of anilines is 2. The van der Waals surface area contributed by atoms with E-state index in [1.54, 1.807) is 13.0 Å². The molecule has 0 bridgehead atoms. The summed E-state index contributed by atoms with van der Waals surface area (Å²) in [6, 6.07) is 4.34. The van der Waals surface area contributed by atoms with Gasteiger partial charge in [0.25, 0.3) is 0 Å². The second-order valence-corrected chi connectivity index (χ2v) is 6.93. The molecule has 1 aromatic carbocycles. The molecule has 1 saturated carbocycles. The lowest BCUT2D eigenvalue weighted by molar-refractivity contribution is -0.128. The van der Waals surface area contributed by atoms with Gasteiger partial charge in [-0.05, 0) is 37.0 Å². The topological polar surface area (TPSA) is 64.7 Å². The molecule has 6 nitrogen and oxygen atoms in total. The molecule has 1 aliphatic carbocycles. The number of benzene rings is 1. The van der Waals surface area contributed by atoms with Crippen molar-refractivity contribution in [1.29, 1.82) is 0 Å². The molecule has 136 valence electrons. The van der Waals surface area contributed by atoms with E-state index in [1.165, 1.54) is 12.1 Å². The van der Waals surface area contributed by atoms with Crippen molar-refractivity contribution in [2.45, 2.75) is 32.7 Å². The van der Waals surface area contributed by atoms with Crippen molar-refractivity contribution in [3.8, 4) is 0 Å². The van der Waals surface area contributed by atoms with Crippen molar-refractivity contribution in [1.82, 2.24) is 10.2 Å². The lowest BCUT2D eigenvalue weighted by Gasteiger charge is -2.26. The first kappa shape index (κ1) is 17.5. The third kappa shape index (κ3) is 4.41. The molecule has 0 aromatic heterocycles. The van der Waals surface area contributed by atoms with E-state index in [1.807, 2.05) is 4.90 Å². The fourth-order valence-corrected chi connectivity index (χ4v) is 3.21. The fraction of sp³-hybridized carbons (Fsp3) is 0.556. The molecule has 1 aliphatic heterocycles. The summed E-state index contributed by atoms with van der Waals surface area (Å²) in [5.41, 5.74) is 1.24. The normalized spacial score (nSPS) is 23.0. The van der Waals surface area contributed by atoms with Gasteiger partial charge in [-0.1, -0.05) is 6.92 Å². The van der Waals surface area contributed by atoms with Gasteiger partial charge in [-0.25, -0.2) is 9.18 Å². The van der Waals surface area contributed by atoms with Crippen LogP contribution in [0.1, 0.15) is 26.7 Å². The minimum Gasteiger partial charge on any atom is -0.368 e. The van der Waals surface area contributed by atoms with E-state index in [0.717, 1.165) is 31.6 Å². The zero-order valence-electron chi connectivity index (χ0n) is 14.7. The number of rotatable bonds is 3. The third-order valence-corrected chi connectivity index (χ3v) is 4.91. The summed E-state index contributed by atoms with van der Waals surface area (Å²) >= 11 is 0. The van der Waals surface area contributed by atoms with E-state index >= 15 is 0 Å². The predicted molar refractivity (Wildman–Crippen MR) is 95.2 cm³/mol. The van der Waals surface area contributed by atoms with Gasteiger partial charge >= 0.3 is 6.03 Å². The van der Waals surface area contributed by atoms with E-state index in [0.29, 0.717) is 24.7 Å². The number of carbonyl (C=O) groups excluding carboxylic acids is 2. The number of carbonyl (C=O) groups is 2. The smallest absolute Gasteiger partial charge is 0.319 e. The number of halogens is 1. The van der Waals surface area contributed by atoms with E-state index in [2.05, 4.69) is 22.5 Å². The molecule has 2 N–H and O–H groups in total. The van der Waals surface area contributed by atoms with Gasteiger partial charge in [-0.2, -0.15) is 0 Å². The quantitative estimate of drug-likeness (QED) is 0.882. The zero-order chi connectivity index (χ0) is 18.0. The van der Waals surface area contributed by atoms with Crippen molar-refractivity contribution in [2.24, 2.45) is 5.92 Å². The van der Waals surface area contributed by atoms with Crippen molar-refractivity contribution in [3.63, 3.8) is 0 Å². The Kier molecular flexibility index (Phi) is 5.11. The molecule has 1 saturated heterocycles. The molecule has 3 rings (SSSR count). The highest BCUT2D eigenvalue weighted by atomic mass is 19.1. The van der Waals surface area contributed by atoms with Gasteiger partial charge in [0.15, 0.2) is 0 Å². The summed E-state index contributed by atoms with van der Waals surface area (Å²) in [5, 5.41) is 5.67. The molecule has 25 heavy (non-hydrogen) atoms. The number of urea groups is 1. The average Bonchev–Trinajstić information content (AvgIpc) is 3.28. The number of nitrogens with one attached hydrogen (secondary N) is 2. The standard InChI is InChI=1S/C18H25FN4O2/c1-12-10-15(12)20-18(25)21-16-11-14(19)4-5-17(16)23-7-3-6-22(8-9-23)13(2)24/h4-5,11-12,15H,3,6-10H2,1-2H3,(H2,20,21,25)/t12-,15-/m0/s1. The molecule has 0 spiro atoms. The van der Waals surface area contributed by atoms with E-state index < -0.39 is 0 Å². The van der Waals surface area contributed by atoms with Gasteiger partial charge in [0.05, 0.1) is 11.4 Å². The van der Waals surface area contributed by atoms with E-state index in [9.17, 15) is 14.0 Å². The summed E-state index contributed by atoms with van der Waals surface area (Å²) in [6.07, 6.45) is 1.82. The molecular formula is C18H25FN4O2. The summed E-state index contributed by atoms with van der Waals surface area (Å²) in [4.78, 5) is 27.6. The zero-order valence-corrected chi connectivity index (χ0v) is 14.7. The Morgan fingerprint density at radius 1 is 1.20 bits per heavy atom. The number of nitrogens with zero attached hydrogens (tertiary/aromatic N) is 2. The van der Waals surface area contributed by atoms with Gasteiger partial charge in [0, 0.05) is 39.1 Å². The first-order chi connectivity index (χ1) is 11.9. The molecule has 1 heterocycles. The molecule has 0 unspecified atom stereocenters. The molecule has 0 radical (unpaired) electrons. The Bertz CT molecular complexity index is 666. The first-order valence-electron chi connectivity index (χ1n) is 8.81. The van der Waals surface area contributed by atoms with Gasteiger partial charge in [0.1, 0.15) is 5.82 Å². The second kappa shape index (κ2) is 7.29. The first-order valence-corrected chi connectivity index (χ1v) is 8.81. The summed E-state index contributed by atoms with van der Waals surface area (Å²) in [6.45, 7) is 6.40. The second-order valence-electron chi connectivity index (χ2n) is 6.93. The van der Waals surface area contributed by atoms with Crippen LogP contribution in [0.15, 0.2) is 18.2 Å². The van der Waals surface area contributed by atoms with Crippen LogP contribution < -0.4 is 15.5 Å². The van der Waals surface area contributed by atoms with Crippen LogP contribution in [0.5, 0.6) is 0 Å². The monoisotopic (exact) mass is 348 g/mol. The Balaban J connectivity index is 1.72. The minimum absolute atomic E-state index is 0.0669. The lowest BCUT2D eigenvalue weighted by atomic mass is 10.2. The SMILES string of the molecule is CC(=O)N1CCCN(c2ccc(F)cc2NC(=O)N[C@H]2C[C@@H]2C)CC1. The van der Waals surface area contributed by atoms with Gasteiger partial charge in [0.2, 0.25) is 5.91 Å². The van der Waals surface area contributed by atoms with Gasteiger partial charge in [-0.15, -0.1) is 0 Å². The van der Waals surface area contributed by atoms with Crippen LogP contribution in [0.4, 0.5) is 20.6 Å². The maximum Gasteiger partial charge on any atom is 0.319 e. The van der Waals surface area contributed by atoms with Crippen molar-refractivity contribution < 1.29 is 14.0 Å². The number of amides is 3. The van der Waals surface area contributed by atoms with E-state index in [-0.39, 0.29) is 23.8 Å². The van der Waals surface area contributed by atoms with Gasteiger partial charge < -0.3 is 20.4 Å². The largest absolute Gasteiger partial charge is 0.368 e. The maximum absolute atomic E-state index is 13.7. The predicted octanol–water partition coefficient (Wildman–Crippen LogP) is 2.41. The van der Waals surface area contributed by atoms with Crippen LogP contribution in [0.25, 0.3) is 0 Å². The van der Waals surface area contributed by atoms with Crippen molar-refractivity contribution in [3.05, 3.63) is 24.0 Å². The maximum atomic E-state index is 13.7. The highest BCUT2D eigenvalue weighted by Crippen LogP contribution is 2.30. The molecule has 1 aromatic rings. The van der Waals surface area contributed by atoms with Crippen LogP contribution in [-0.2, 0) is 4.79 Å². The van der Waals surface area contributed by atoms with Crippen molar-refractivity contribution in [2.75, 3.05) is 36.4 Å². The number of hydrogen-bond acceptors (Lipinski definition) is 3. The van der Waals surface area contributed by atoms with E-state index in [4.69, 9.17) is 0 Å². The average molecular weight is 348 g/mol. The lowest BCUT2D eigenvalue weighted by Crippen LogP contribution is -2.35. The van der Waals surface area contributed by atoms with Gasteiger partial charge in [-0.3, -0.25) is 4.79 Å². The molecule has 2 fully saturated rings. The molecule has 2 atom stereocenters. The molecule has 7 heteroatoms. The fourth-order valence-electron chi connectivity index (χ4n) is 3.21. The molecule has 3 amide bonds. The Morgan fingerprint density at radius 2 is 1.96 bits per heavy atom. The molecule has 2 aliphatic rings. The molecular weight excluding hydrogens is 323 g/mol. The van der Waals surface area contributed by atoms with Crippen LogP contribution in [0, 0.1) is 11.7 Å². The van der Waals surface area contributed by atoms with Crippen LogP contribution >= 0.6 is 0 Å². The third-order valence-electron chi connectivity index (χ3n) is 4.91. The van der Waals surface area contributed by atoms with Crippen LogP contribution in [0.2, 0.25) is 0 Å². The van der Waals surface area contributed by atoms with Crippen LogP contribution in [-0.4, -0.2) is 49.1 Å². The summed E-state index contributed by atoms with van der Waals surface area (Å²) in [5.74, 6) is 0.178. The highest BCUT2D eigenvalue weighted by Gasteiger charge is 2.34. The summed E-state index contributed by atoms with van der Waals surface area (Å²) in [7, 11) is 0. The number of hydrogen-bond donors (Lipinski definition) is 2. The van der Waals surface area contributed by atoms with Crippen molar-refractivity contribution >= 4 is 23.3 Å². The minimum atomic E-state index is -0.390. The van der Waals surface area contributed by atoms with Crippen LogP contribution in [0.3, 0.4) is 0 Å². The summed E-state index contributed by atoms with van der Waals surface area (Å²) < 4.78 is 13.7. The Morgan fingerprint density at radius 3 is 2.64 bits per heavy atom. The Hall–Kier alpha value is -2.31. The Labute approximate surface area is 147 Å². The highest BCUT2D eigenvalue weighted by molar-refractivity contribution is 5.93.